The van der Waals surface area contributed by atoms with Crippen molar-refractivity contribution in [1.82, 2.24) is 4.90 Å². The number of rotatable bonds is 7. The number of methoxy groups -OCH3 is 3. The zero-order valence-electron chi connectivity index (χ0n) is 16.8. The lowest BCUT2D eigenvalue weighted by Crippen LogP contribution is -2.31. The molecule has 2 unspecified atom stereocenters. The molecule has 0 radical (unpaired) electrons. The third kappa shape index (κ3) is 4.29. The normalized spacial score (nSPS) is 18.4. The lowest BCUT2D eigenvalue weighted by molar-refractivity contribution is -0.141. The van der Waals surface area contributed by atoms with Gasteiger partial charge in [0.05, 0.1) is 33.7 Å². The lowest BCUT2D eigenvalue weighted by Gasteiger charge is -2.18. The Kier molecular flexibility index (Phi) is 6.26. The first-order valence-corrected chi connectivity index (χ1v) is 9.32. The number of carbonyl (C=O) groups excluding carboxylic acids is 1. The van der Waals surface area contributed by atoms with E-state index < -0.39 is 11.9 Å². The van der Waals surface area contributed by atoms with Gasteiger partial charge >= 0.3 is 5.97 Å². The van der Waals surface area contributed by atoms with E-state index in [1.807, 2.05) is 30.3 Å². The van der Waals surface area contributed by atoms with Crippen LogP contribution in [0.4, 0.5) is 0 Å². The first kappa shape index (κ1) is 20.5. The molecule has 1 saturated heterocycles. The molecule has 2 aromatic rings. The van der Waals surface area contributed by atoms with Crippen LogP contribution < -0.4 is 14.2 Å². The summed E-state index contributed by atoms with van der Waals surface area (Å²) in [6.07, 6.45) is 0.116. The van der Waals surface area contributed by atoms with Gasteiger partial charge in [0.2, 0.25) is 11.7 Å². The molecule has 1 aliphatic rings. The molecule has 1 aliphatic heterocycles. The fraction of sp³-hybridized carbons (Fsp3) is 0.364. The van der Waals surface area contributed by atoms with Crippen LogP contribution in [0.1, 0.15) is 17.0 Å². The molecule has 0 spiro atoms. The summed E-state index contributed by atoms with van der Waals surface area (Å²) < 4.78 is 16.0. The minimum Gasteiger partial charge on any atom is -0.493 e. The van der Waals surface area contributed by atoms with Crippen molar-refractivity contribution in [1.29, 1.82) is 0 Å². The first-order chi connectivity index (χ1) is 14.0. The Labute approximate surface area is 169 Å². The molecular weight excluding hydrogens is 374 g/mol. The predicted octanol–water partition coefficient (Wildman–Crippen LogP) is 2.58. The molecule has 1 amide bonds. The summed E-state index contributed by atoms with van der Waals surface area (Å²) in [7, 11) is 4.56. The number of ether oxygens (including phenoxy) is 3. The van der Waals surface area contributed by atoms with Crippen molar-refractivity contribution in [3.63, 3.8) is 0 Å². The summed E-state index contributed by atoms with van der Waals surface area (Å²) in [5, 5.41) is 9.64. The van der Waals surface area contributed by atoms with Gasteiger partial charge in [-0.25, -0.2) is 0 Å². The Balaban J connectivity index is 1.80. The van der Waals surface area contributed by atoms with E-state index in [0.29, 0.717) is 29.4 Å². The summed E-state index contributed by atoms with van der Waals surface area (Å²) in [6, 6.07) is 12.9. The summed E-state index contributed by atoms with van der Waals surface area (Å²) in [5.74, 6) is -0.462. The average Bonchev–Trinajstić information content (AvgIpc) is 3.19. The van der Waals surface area contributed by atoms with Crippen molar-refractivity contribution >= 4 is 11.9 Å². The minimum atomic E-state index is -0.887. The maximum atomic E-state index is 12.9. The summed E-state index contributed by atoms with van der Waals surface area (Å²) in [5.41, 5.74) is 1.64. The van der Waals surface area contributed by atoms with Crippen LogP contribution in [0.25, 0.3) is 0 Å². The van der Waals surface area contributed by atoms with Crippen LogP contribution in [-0.4, -0.2) is 56.3 Å². The van der Waals surface area contributed by atoms with Gasteiger partial charge in [-0.05, 0) is 23.3 Å². The number of amides is 1. The molecule has 2 atom stereocenters. The third-order valence-corrected chi connectivity index (χ3v) is 5.30. The first-order valence-electron chi connectivity index (χ1n) is 9.32. The van der Waals surface area contributed by atoms with E-state index in [1.54, 1.807) is 17.0 Å². The van der Waals surface area contributed by atoms with Crippen LogP contribution >= 0.6 is 0 Å². The fourth-order valence-electron chi connectivity index (χ4n) is 3.82. The zero-order valence-corrected chi connectivity index (χ0v) is 16.8. The van der Waals surface area contributed by atoms with E-state index in [4.69, 9.17) is 14.2 Å². The van der Waals surface area contributed by atoms with E-state index in [-0.39, 0.29) is 24.8 Å². The van der Waals surface area contributed by atoms with E-state index in [0.717, 1.165) is 5.56 Å². The number of carboxylic acid groups (broad SMARTS) is 1. The Morgan fingerprint density at radius 3 is 2.14 bits per heavy atom. The Bertz CT molecular complexity index is 857. The van der Waals surface area contributed by atoms with Gasteiger partial charge < -0.3 is 24.2 Å². The molecule has 29 heavy (non-hydrogen) atoms. The van der Waals surface area contributed by atoms with Gasteiger partial charge in [-0.3, -0.25) is 9.59 Å². The van der Waals surface area contributed by atoms with Crippen LogP contribution in [-0.2, 0) is 16.0 Å². The van der Waals surface area contributed by atoms with E-state index in [1.165, 1.54) is 21.3 Å². The van der Waals surface area contributed by atoms with Crippen LogP contribution in [0.15, 0.2) is 42.5 Å². The smallest absolute Gasteiger partial charge is 0.308 e. The molecule has 154 valence electrons. The van der Waals surface area contributed by atoms with E-state index in [2.05, 4.69) is 0 Å². The number of hydrogen-bond donors (Lipinski definition) is 1. The highest BCUT2D eigenvalue weighted by Gasteiger charge is 2.40. The summed E-state index contributed by atoms with van der Waals surface area (Å²) in [4.78, 5) is 26.3. The summed E-state index contributed by atoms with van der Waals surface area (Å²) in [6.45, 7) is 0.572. The maximum Gasteiger partial charge on any atom is 0.308 e. The van der Waals surface area contributed by atoms with Gasteiger partial charge in [0, 0.05) is 19.0 Å². The highest BCUT2D eigenvalue weighted by atomic mass is 16.5. The zero-order chi connectivity index (χ0) is 21.0. The Morgan fingerprint density at radius 1 is 1.00 bits per heavy atom. The van der Waals surface area contributed by atoms with Crippen LogP contribution in [0.3, 0.4) is 0 Å². The van der Waals surface area contributed by atoms with Crippen molar-refractivity contribution in [2.75, 3.05) is 34.4 Å². The van der Waals surface area contributed by atoms with Gasteiger partial charge in [-0.2, -0.15) is 0 Å². The highest BCUT2D eigenvalue weighted by Crippen LogP contribution is 2.39. The molecule has 0 aliphatic carbocycles. The second-order valence-electron chi connectivity index (χ2n) is 6.97. The second-order valence-corrected chi connectivity index (χ2v) is 6.97. The molecule has 0 aromatic heterocycles. The van der Waals surface area contributed by atoms with Crippen molar-refractivity contribution < 1.29 is 28.9 Å². The highest BCUT2D eigenvalue weighted by molar-refractivity contribution is 5.82. The SMILES string of the molecule is COc1cc(CC(=O)N2CC(C(=O)O)C(c3ccccc3)C2)cc(OC)c1OC. The van der Waals surface area contributed by atoms with E-state index in [9.17, 15) is 14.7 Å². The maximum absolute atomic E-state index is 12.9. The van der Waals surface area contributed by atoms with Gasteiger partial charge in [0.15, 0.2) is 11.5 Å². The van der Waals surface area contributed by atoms with Crippen LogP contribution in [0.2, 0.25) is 0 Å². The van der Waals surface area contributed by atoms with Gasteiger partial charge in [-0.1, -0.05) is 30.3 Å². The Hall–Kier alpha value is -3.22. The quantitative estimate of drug-likeness (QED) is 0.770. The number of carbonyl (C=O) groups is 2. The topological polar surface area (TPSA) is 85.3 Å². The minimum absolute atomic E-state index is 0.116. The van der Waals surface area contributed by atoms with Crippen molar-refractivity contribution in [3.8, 4) is 17.2 Å². The van der Waals surface area contributed by atoms with Crippen molar-refractivity contribution in [3.05, 3.63) is 53.6 Å². The standard InChI is InChI=1S/C22H25NO6/c1-27-18-9-14(10-19(28-2)21(18)29-3)11-20(24)23-12-16(17(13-23)22(25)26)15-7-5-4-6-8-15/h4-10,16-17H,11-13H2,1-3H3,(H,25,26). The molecule has 1 fully saturated rings. The number of nitrogens with zero attached hydrogens (tertiary/aromatic N) is 1. The molecule has 3 rings (SSSR count). The van der Waals surface area contributed by atoms with Crippen molar-refractivity contribution in [2.24, 2.45) is 5.92 Å². The van der Waals surface area contributed by atoms with Gasteiger partial charge in [0.1, 0.15) is 0 Å². The molecule has 2 aromatic carbocycles. The Morgan fingerprint density at radius 2 is 1.62 bits per heavy atom. The van der Waals surface area contributed by atoms with Crippen molar-refractivity contribution in [2.45, 2.75) is 12.3 Å². The van der Waals surface area contributed by atoms with Crippen LogP contribution in [0, 0.1) is 5.92 Å². The second kappa shape index (κ2) is 8.86. The predicted molar refractivity (Wildman–Crippen MR) is 107 cm³/mol. The number of carboxylic acids is 1. The number of likely N-dealkylation sites (tertiary alicyclic amines) is 1. The molecule has 0 saturated carbocycles. The third-order valence-electron chi connectivity index (χ3n) is 5.30. The average molecular weight is 399 g/mol. The molecule has 1 heterocycles. The molecule has 1 N–H and O–H groups in total. The van der Waals surface area contributed by atoms with E-state index >= 15 is 0 Å². The number of benzene rings is 2. The number of aliphatic carboxylic acids is 1. The largest absolute Gasteiger partial charge is 0.493 e. The van der Waals surface area contributed by atoms with Crippen LogP contribution in [0.5, 0.6) is 17.2 Å². The summed E-state index contributed by atoms with van der Waals surface area (Å²) >= 11 is 0. The molecule has 7 heteroatoms. The molecule has 7 nitrogen and oxygen atoms in total. The van der Waals surface area contributed by atoms with Gasteiger partial charge in [-0.15, -0.1) is 0 Å². The monoisotopic (exact) mass is 399 g/mol. The molecular formula is C22H25NO6. The number of hydrogen-bond acceptors (Lipinski definition) is 5. The molecule has 0 bridgehead atoms. The van der Waals surface area contributed by atoms with Gasteiger partial charge in [0.25, 0.3) is 0 Å². The lowest BCUT2D eigenvalue weighted by atomic mass is 9.89. The fourth-order valence-corrected chi connectivity index (χ4v) is 3.82.